The summed E-state index contributed by atoms with van der Waals surface area (Å²) >= 11 is 0. The van der Waals surface area contributed by atoms with Gasteiger partial charge in [-0.2, -0.15) is 8.78 Å². The lowest BCUT2D eigenvalue weighted by atomic mass is 10.6. The zero-order valence-electron chi connectivity index (χ0n) is 4.66. The quantitative estimate of drug-likeness (QED) is 0.518. The Morgan fingerprint density at radius 1 is 1.75 bits per heavy atom. The average Bonchev–Trinajstić information content (AvgIpc) is 1.67. The topological polar surface area (TPSA) is 9.23 Å². The molecule has 0 rings (SSSR count). The summed E-state index contributed by atoms with van der Waals surface area (Å²) in [6.07, 6.45) is -2.68. The third-order valence-corrected chi connectivity index (χ3v) is 0.574. The monoisotopic (exact) mass is 122 g/mol. The lowest BCUT2D eigenvalue weighted by Gasteiger charge is -2.08. The molecule has 48 valence electrons. The Morgan fingerprint density at radius 2 is 2.25 bits per heavy atom. The zero-order chi connectivity index (χ0) is 6.62. The van der Waals surface area contributed by atoms with Crippen LogP contribution in [0.25, 0.3) is 0 Å². The molecule has 0 saturated heterocycles. The van der Waals surface area contributed by atoms with E-state index in [1.807, 2.05) is 0 Å². The van der Waals surface area contributed by atoms with Gasteiger partial charge in [0.25, 0.3) is 0 Å². The third-order valence-electron chi connectivity index (χ3n) is 0.574. The van der Waals surface area contributed by atoms with Crippen LogP contribution in [0.3, 0.4) is 0 Å². The Balaban J connectivity index is 3.53. The normalized spacial score (nSPS) is 11.4. The highest BCUT2D eigenvalue weighted by Crippen LogP contribution is 2.14. The molecule has 0 heterocycles. The van der Waals surface area contributed by atoms with Crippen molar-refractivity contribution in [3.63, 3.8) is 0 Å². The number of halogens is 2. The summed E-state index contributed by atoms with van der Waals surface area (Å²) in [4.78, 5) is 0. The molecule has 0 atom stereocenters. The van der Waals surface area contributed by atoms with Gasteiger partial charge in [-0.15, -0.1) is 0 Å². The molecule has 0 aromatic heterocycles. The number of hydrogen-bond acceptors (Lipinski definition) is 1. The SMILES string of the molecule is C=CC(F)(F)OCC. The lowest BCUT2D eigenvalue weighted by Crippen LogP contribution is -2.16. The Morgan fingerprint density at radius 3 is 2.38 bits per heavy atom. The molecule has 0 fully saturated rings. The zero-order valence-corrected chi connectivity index (χ0v) is 4.66. The average molecular weight is 122 g/mol. The molecule has 0 aromatic carbocycles. The molecule has 0 bridgehead atoms. The molecule has 0 aliphatic heterocycles. The number of alkyl halides is 2. The standard InChI is InChI=1S/C5H8F2O/c1-3-5(6,7)8-4-2/h3H,1,4H2,2H3. The van der Waals surface area contributed by atoms with Crippen molar-refractivity contribution in [2.75, 3.05) is 6.61 Å². The van der Waals surface area contributed by atoms with Gasteiger partial charge in [-0.25, -0.2) is 0 Å². The predicted molar refractivity (Wildman–Crippen MR) is 26.8 cm³/mol. The first kappa shape index (κ1) is 7.56. The molecule has 0 amide bonds. The second-order valence-electron chi connectivity index (χ2n) is 1.20. The van der Waals surface area contributed by atoms with Crippen LogP contribution >= 0.6 is 0 Å². The van der Waals surface area contributed by atoms with E-state index in [-0.39, 0.29) is 6.61 Å². The van der Waals surface area contributed by atoms with E-state index in [0.717, 1.165) is 0 Å². The van der Waals surface area contributed by atoms with Crippen molar-refractivity contribution in [1.29, 1.82) is 0 Å². The van der Waals surface area contributed by atoms with Crippen LogP contribution in [0, 0.1) is 0 Å². The Kier molecular flexibility index (Phi) is 2.62. The van der Waals surface area contributed by atoms with Crippen molar-refractivity contribution in [2.45, 2.75) is 13.0 Å². The van der Waals surface area contributed by atoms with Crippen LogP contribution in [0.5, 0.6) is 0 Å². The van der Waals surface area contributed by atoms with Crippen LogP contribution in [0.4, 0.5) is 8.78 Å². The van der Waals surface area contributed by atoms with Gasteiger partial charge in [-0.1, -0.05) is 6.58 Å². The fourth-order valence-corrected chi connectivity index (χ4v) is 0.251. The minimum absolute atomic E-state index is 0.000972. The van der Waals surface area contributed by atoms with Gasteiger partial charge < -0.3 is 4.74 Å². The minimum Gasteiger partial charge on any atom is -0.317 e. The molecule has 1 nitrogen and oxygen atoms in total. The fraction of sp³-hybridized carbons (Fsp3) is 0.600. The Labute approximate surface area is 47.0 Å². The maximum Gasteiger partial charge on any atom is 0.376 e. The highest BCUT2D eigenvalue weighted by Gasteiger charge is 2.22. The second kappa shape index (κ2) is 2.77. The van der Waals surface area contributed by atoms with Crippen LogP contribution in [0.15, 0.2) is 12.7 Å². The van der Waals surface area contributed by atoms with E-state index in [4.69, 9.17) is 0 Å². The van der Waals surface area contributed by atoms with Crippen LogP contribution in [-0.2, 0) is 4.74 Å². The lowest BCUT2D eigenvalue weighted by molar-refractivity contribution is -0.196. The van der Waals surface area contributed by atoms with E-state index < -0.39 is 6.11 Å². The number of hydrogen-bond donors (Lipinski definition) is 0. The van der Waals surface area contributed by atoms with Crippen molar-refractivity contribution in [3.05, 3.63) is 12.7 Å². The van der Waals surface area contributed by atoms with E-state index in [9.17, 15) is 8.78 Å². The Hall–Kier alpha value is -0.440. The molecule has 0 radical (unpaired) electrons. The molecular weight excluding hydrogens is 114 g/mol. The van der Waals surface area contributed by atoms with E-state index in [1.54, 1.807) is 0 Å². The van der Waals surface area contributed by atoms with Crippen molar-refractivity contribution < 1.29 is 13.5 Å². The van der Waals surface area contributed by atoms with Crippen molar-refractivity contribution in [3.8, 4) is 0 Å². The van der Waals surface area contributed by atoms with Crippen molar-refractivity contribution in [1.82, 2.24) is 0 Å². The summed E-state index contributed by atoms with van der Waals surface area (Å²) in [5, 5.41) is 0. The summed E-state index contributed by atoms with van der Waals surface area (Å²) in [6.45, 7) is 4.37. The summed E-state index contributed by atoms with van der Waals surface area (Å²) in [5.41, 5.74) is 0. The first-order valence-corrected chi connectivity index (χ1v) is 2.27. The molecule has 0 saturated carbocycles. The van der Waals surface area contributed by atoms with Crippen LogP contribution in [-0.4, -0.2) is 12.7 Å². The molecule has 0 unspecified atom stereocenters. The summed E-state index contributed by atoms with van der Waals surface area (Å²) in [7, 11) is 0. The van der Waals surface area contributed by atoms with Crippen molar-refractivity contribution >= 4 is 0 Å². The van der Waals surface area contributed by atoms with Gasteiger partial charge in [-0.3, -0.25) is 0 Å². The van der Waals surface area contributed by atoms with Gasteiger partial charge in [0.05, 0.1) is 6.61 Å². The van der Waals surface area contributed by atoms with Crippen molar-refractivity contribution in [2.24, 2.45) is 0 Å². The number of rotatable bonds is 3. The van der Waals surface area contributed by atoms with Crippen LogP contribution in [0.1, 0.15) is 6.92 Å². The van der Waals surface area contributed by atoms with E-state index in [2.05, 4.69) is 11.3 Å². The third kappa shape index (κ3) is 2.69. The molecular formula is C5H8F2O. The first-order valence-electron chi connectivity index (χ1n) is 2.27. The maximum atomic E-state index is 11.8. The molecule has 0 aliphatic carbocycles. The molecule has 0 spiro atoms. The van der Waals surface area contributed by atoms with E-state index in [1.165, 1.54) is 6.92 Å². The van der Waals surface area contributed by atoms with Gasteiger partial charge in [0.2, 0.25) is 0 Å². The number of ether oxygens (including phenoxy) is 1. The highest BCUT2D eigenvalue weighted by molar-refractivity contribution is 4.77. The second-order valence-corrected chi connectivity index (χ2v) is 1.20. The predicted octanol–water partition coefficient (Wildman–Crippen LogP) is 1.80. The highest BCUT2D eigenvalue weighted by atomic mass is 19.3. The van der Waals surface area contributed by atoms with Gasteiger partial charge in [0.1, 0.15) is 0 Å². The van der Waals surface area contributed by atoms with Gasteiger partial charge in [0, 0.05) is 6.08 Å². The van der Waals surface area contributed by atoms with Gasteiger partial charge in [0.15, 0.2) is 0 Å². The molecule has 0 aromatic rings. The molecule has 0 aliphatic rings. The smallest absolute Gasteiger partial charge is 0.317 e. The van der Waals surface area contributed by atoms with Gasteiger partial charge >= 0.3 is 6.11 Å². The Bertz CT molecular complexity index is 80.5. The molecule has 8 heavy (non-hydrogen) atoms. The molecule has 0 N–H and O–H groups in total. The van der Waals surface area contributed by atoms with E-state index >= 15 is 0 Å². The summed E-state index contributed by atoms with van der Waals surface area (Å²) in [5.74, 6) is 0. The maximum absolute atomic E-state index is 11.8. The minimum atomic E-state index is -3.14. The summed E-state index contributed by atoms with van der Waals surface area (Å²) < 4.78 is 27.6. The molecule has 3 heteroatoms. The van der Waals surface area contributed by atoms with Gasteiger partial charge in [-0.05, 0) is 6.92 Å². The van der Waals surface area contributed by atoms with E-state index in [0.29, 0.717) is 6.08 Å². The van der Waals surface area contributed by atoms with Crippen LogP contribution in [0.2, 0.25) is 0 Å². The summed E-state index contributed by atoms with van der Waals surface area (Å²) in [6, 6.07) is 0. The fourth-order valence-electron chi connectivity index (χ4n) is 0.251. The largest absolute Gasteiger partial charge is 0.376 e. The van der Waals surface area contributed by atoms with Crippen LogP contribution < -0.4 is 0 Å². The first-order chi connectivity index (χ1) is 3.62.